The van der Waals surface area contributed by atoms with Gasteiger partial charge in [0, 0.05) is 28.5 Å². The molecule has 2 aliphatic rings. The summed E-state index contributed by atoms with van der Waals surface area (Å²) >= 11 is 0. The van der Waals surface area contributed by atoms with Crippen LogP contribution in [-0.4, -0.2) is 4.57 Å². The second-order valence-corrected chi connectivity index (χ2v) is 9.09. The van der Waals surface area contributed by atoms with E-state index in [1.54, 1.807) is 0 Å². The number of nitrogens with zero attached hydrogens (tertiary/aromatic N) is 1. The van der Waals surface area contributed by atoms with Gasteiger partial charge in [0.2, 0.25) is 0 Å². The minimum atomic E-state index is 0.0660. The maximum Gasteiger partial charge on any atom is 0.0582 e. The molecule has 1 heteroatoms. The van der Waals surface area contributed by atoms with Gasteiger partial charge in [-0.3, -0.25) is 0 Å². The molecule has 0 saturated heterocycles. The summed E-state index contributed by atoms with van der Waals surface area (Å²) in [5, 5.41) is 1.37. The van der Waals surface area contributed by atoms with E-state index in [1.165, 1.54) is 39.0 Å². The predicted molar refractivity (Wildman–Crippen MR) is 126 cm³/mol. The fourth-order valence-electron chi connectivity index (χ4n) is 5.68. The number of hydrogen-bond acceptors (Lipinski definition) is 0. The van der Waals surface area contributed by atoms with Gasteiger partial charge >= 0.3 is 0 Å². The zero-order chi connectivity index (χ0) is 20.3. The Morgan fingerprint density at radius 2 is 1.40 bits per heavy atom. The first-order valence-corrected chi connectivity index (χ1v) is 10.8. The van der Waals surface area contributed by atoms with Gasteiger partial charge in [0.25, 0.3) is 0 Å². The summed E-state index contributed by atoms with van der Waals surface area (Å²) in [4.78, 5) is 0. The number of hydrogen-bond donors (Lipinski definition) is 0. The minimum absolute atomic E-state index is 0.0660. The molecule has 146 valence electrons. The van der Waals surface area contributed by atoms with Crippen molar-refractivity contribution in [1.29, 1.82) is 0 Å². The summed E-state index contributed by atoms with van der Waals surface area (Å²) in [6.07, 6.45) is 9.11. The van der Waals surface area contributed by atoms with Crippen LogP contribution < -0.4 is 0 Å². The van der Waals surface area contributed by atoms with Crippen LogP contribution in [0.3, 0.4) is 0 Å². The molecule has 6 rings (SSSR count). The molecule has 0 bridgehead atoms. The summed E-state index contributed by atoms with van der Waals surface area (Å²) in [5.41, 5.74) is 8.26. The Kier molecular flexibility index (Phi) is 3.70. The molecular formula is C29H25N. The smallest absolute Gasteiger partial charge is 0.0582 e. The van der Waals surface area contributed by atoms with E-state index in [0.717, 1.165) is 0 Å². The van der Waals surface area contributed by atoms with E-state index in [0.29, 0.717) is 11.8 Å². The molecule has 0 N–H and O–H groups in total. The highest BCUT2D eigenvalue weighted by Crippen LogP contribution is 2.59. The number of para-hydroxylation sites is 2. The van der Waals surface area contributed by atoms with E-state index in [1.807, 2.05) is 0 Å². The van der Waals surface area contributed by atoms with Crippen molar-refractivity contribution in [1.82, 2.24) is 4.57 Å². The van der Waals surface area contributed by atoms with Crippen molar-refractivity contribution >= 4 is 10.9 Å². The number of benzene rings is 3. The molecule has 3 aromatic carbocycles. The van der Waals surface area contributed by atoms with Crippen LogP contribution in [0.4, 0.5) is 0 Å². The summed E-state index contributed by atoms with van der Waals surface area (Å²) in [5.74, 6) is 0.774. The van der Waals surface area contributed by atoms with Crippen molar-refractivity contribution in [2.75, 3.05) is 0 Å². The van der Waals surface area contributed by atoms with Crippen LogP contribution in [0.15, 0.2) is 103 Å². The third-order valence-electron chi connectivity index (χ3n) is 7.09. The van der Waals surface area contributed by atoms with Crippen LogP contribution in [0.25, 0.3) is 27.8 Å². The molecule has 0 fully saturated rings. The molecule has 0 aliphatic heterocycles. The molecule has 0 amide bonds. The molecule has 1 atom stereocenters. The van der Waals surface area contributed by atoms with Crippen molar-refractivity contribution in [3.63, 3.8) is 0 Å². The Hall–Kier alpha value is -3.32. The third-order valence-corrected chi connectivity index (χ3v) is 7.09. The van der Waals surface area contributed by atoms with E-state index in [9.17, 15) is 0 Å². The maximum atomic E-state index is 2.47. The highest BCUT2D eigenvalue weighted by Gasteiger charge is 2.45. The van der Waals surface area contributed by atoms with E-state index in [-0.39, 0.29) is 5.41 Å². The van der Waals surface area contributed by atoms with Gasteiger partial charge in [-0.1, -0.05) is 98.8 Å². The highest BCUT2D eigenvalue weighted by molar-refractivity contribution is 5.98. The quantitative estimate of drug-likeness (QED) is 0.343. The summed E-state index contributed by atoms with van der Waals surface area (Å²) < 4.78 is 2.47. The monoisotopic (exact) mass is 387 g/mol. The molecule has 1 unspecified atom stereocenters. The lowest BCUT2D eigenvalue weighted by Crippen LogP contribution is -2.28. The first-order chi connectivity index (χ1) is 14.7. The van der Waals surface area contributed by atoms with Gasteiger partial charge in [0.05, 0.1) is 11.2 Å². The van der Waals surface area contributed by atoms with Crippen molar-refractivity contribution in [3.05, 3.63) is 114 Å². The Morgan fingerprint density at radius 3 is 2.20 bits per heavy atom. The molecule has 30 heavy (non-hydrogen) atoms. The second-order valence-electron chi connectivity index (χ2n) is 9.09. The van der Waals surface area contributed by atoms with E-state index >= 15 is 0 Å². The fourth-order valence-corrected chi connectivity index (χ4v) is 5.68. The topological polar surface area (TPSA) is 4.93 Å². The van der Waals surface area contributed by atoms with E-state index in [4.69, 9.17) is 0 Å². The van der Waals surface area contributed by atoms with Gasteiger partial charge in [-0.05, 0) is 34.7 Å². The molecule has 4 aromatic rings. The van der Waals surface area contributed by atoms with Crippen LogP contribution in [-0.2, 0) is 0 Å². The number of aromatic nitrogens is 1. The second kappa shape index (κ2) is 6.34. The van der Waals surface area contributed by atoms with Gasteiger partial charge < -0.3 is 4.57 Å². The molecule has 0 saturated carbocycles. The van der Waals surface area contributed by atoms with E-state index < -0.39 is 0 Å². The molecule has 1 nitrogen and oxygen atoms in total. The third kappa shape index (κ3) is 2.29. The largest absolute Gasteiger partial charge is 0.309 e. The van der Waals surface area contributed by atoms with E-state index in [2.05, 4.69) is 122 Å². The van der Waals surface area contributed by atoms with Gasteiger partial charge in [-0.2, -0.15) is 0 Å². The van der Waals surface area contributed by atoms with Crippen LogP contribution in [0.2, 0.25) is 0 Å². The van der Waals surface area contributed by atoms with Crippen molar-refractivity contribution < 1.29 is 0 Å². The number of allylic oxidation sites excluding steroid dienone is 4. The standard InChI is InChI=1S/C29H25N/c1-29(2,20-12-6-7-13-20)27-22-16-8-9-17-23(22)28-26(27)24-18-10-11-19-25(24)30(28)21-14-4-3-5-15-21/h3-20,27H,1-2H3. The normalized spacial score (nSPS) is 17.6. The number of rotatable bonds is 3. The van der Waals surface area contributed by atoms with Gasteiger partial charge in [-0.15, -0.1) is 0 Å². The zero-order valence-electron chi connectivity index (χ0n) is 17.4. The Bertz CT molecular complexity index is 1310. The SMILES string of the molecule is CC(C)(C1C=CC=C1)C1c2ccccc2-c2c1c1ccccc1n2-c1ccccc1. The van der Waals surface area contributed by atoms with Gasteiger partial charge in [0.1, 0.15) is 0 Å². The lowest BCUT2D eigenvalue weighted by molar-refractivity contribution is 0.268. The zero-order valence-corrected chi connectivity index (χ0v) is 17.4. The molecule has 0 spiro atoms. The lowest BCUT2D eigenvalue weighted by Gasteiger charge is -2.37. The minimum Gasteiger partial charge on any atom is -0.309 e. The highest BCUT2D eigenvalue weighted by atomic mass is 15.0. The Balaban J connectivity index is 1.72. The van der Waals surface area contributed by atoms with Crippen LogP contribution >= 0.6 is 0 Å². The summed E-state index contributed by atoms with van der Waals surface area (Å²) in [6.45, 7) is 4.87. The summed E-state index contributed by atoms with van der Waals surface area (Å²) in [7, 11) is 0. The van der Waals surface area contributed by atoms with Crippen LogP contribution in [0.1, 0.15) is 30.9 Å². The van der Waals surface area contributed by atoms with Crippen molar-refractivity contribution in [2.24, 2.45) is 11.3 Å². The van der Waals surface area contributed by atoms with Gasteiger partial charge in [-0.25, -0.2) is 0 Å². The average Bonchev–Trinajstić information content (AvgIpc) is 3.49. The van der Waals surface area contributed by atoms with Gasteiger partial charge in [0.15, 0.2) is 0 Å². The van der Waals surface area contributed by atoms with Crippen molar-refractivity contribution in [3.8, 4) is 16.9 Å². The predicted octanol–water partition coefficient (Wildman–Crippen LogP) is 7.51. The maximum absolute atomic E-state index is 2.47. The van der Waals surface area contributed by atoms with Crippen LogP contribution in [0.5, 0.6) is 0 Å². The molecule has 2 aliphatic carbocycles. The van der Waals surface area contributed by atoms with Crippen molar-refractivity contribution in [2.45, 2.75) is 19.8 Å². The summed E-state index contributed by atoms with van der Waals surface area (Å²) in [6, 6.07) is 28.7. The average molecular weight is 388 g/mol. The Morgan fingerprint density at radius 1 is 0.733 bits per heavy atom. The molecule has 1 aromatic heterocycles. The number of fused-ring (bicyclic) bond motifs is 5. The lowest BCUT2D eigenvalue weighted by atomic mass is 9.66. The van der Waals surface area contributed by atoms with Crippen LogP contribution in [0, 0.1) is 11.3 Å². The fraction of sp³-hybridized carbons (Fsp3) is 0.172. The molecule has 0 radical (unpaired) electrons. The molecular weight excluding hydrogens is 362 g/mol. The molecule has 1 heterocycles. The Labute approximate surface area is 178 Å². The first kappa shape index (κ1) is 17.5. The first-order valence-electron chi connectivity index (χ1n) is 10.8.